The average Bonchev–Trinajstić information content (AvgIpc) is 2.84. The van der Waals surface area contributed by atoms with E-state index < -0.39 is 0 Å². The first-order valence-electron chi connectivity index (χ1n) is 6.98. The summed E-state index contributed by atoms with van der Waals surface area (Å²) in [5, 5.41) is 14.2. The fourth-order valence-corrected chi connectivity index (χ4v) is 3.59. The SMILES string of the molecule is CC(C)(CCO)CNC(=O)C1CCCc2sccc21. The van der Waals surface area contributed by atoms with Crippen molar-refractivity contribution in [3.8, 4) is 0 Å². The Labute approximate surface area is 119 Å². The largest absolute Gasteiger partial charge is 0.396 e. The predicted octanol–water partition coefficient (Wildman–Crippen LogP) is 2.69. The van der Waals surface area contributed by atoms with Gasteiger partial charge in [0.2, 0.25) is 5.91 Å². The minimum Gasteiger partial charge on any atom is -0.396 e. The van der Waals surface area contributed by atoms with Crippen molar-refractivity contribution >= 4 is 17.2 Å². The third-order valence-corrected chi connectivity index (χ3v) is 4.89. The molecule has 0 saturated heterocycles. The second-order valence-electron chi connectivity index (χ2n) is 6.10. The molecule has 0 fully saturated rings. The summed E-state index contributed by atoms with van der Waals surface area (Å²) in [6.45, 7) is 4.93. The zero-order valence-electron chi connectivity index (χ0n) is 11.7. The lowest BCUT2D eigenvalue weighted by Gasteiger charge is -2.27. The Bertz CT molecular complexity index is 439. The van der Waals surface area contributed by atoms with Gasteiger partial charge in [0.1, 0.15) is 0 Å². The molecular formula is C15H23NO2S. The monoisotopic (exact) mass is 281 g/mol. The molecule has 0 bridgehead atoms. The van der Waals surface area contributed by atoms with Crippen molar-refractivity contribution in [3.05, 3.63) is 21.9 Å². The number of thiophene rings is 1. The zero-order chi connectivity index (χ0) is 13.9. The Kier molecular flexibility index (Phi) is 4.63. The number of amides is 1. The molecule has 1 aromatic rings. The van der Waals surface area contributed by atoms with Crippen molar-refractivity contribution in [3.63, 3.8) is 0 Å². The van der Waals surface area contributed by atoms with Gasteiger partial charge >= 0.3 is 0 Å². The molecule has 106 valence electrons. The molecule has 3 nitrogen and oxygen atoms in total. The first kappa shape index (κ1) is 14.5. The lowest BCUT2D eigenvalue weighted by Crippen LogP contribution is -2.38. The van der Waals surface area contributed by atoms with Gasteiger partial charge in [-0.05, 0) is 48.1 Å². The smallest absolute Gasteiger partial charge is 0.227 e. The van der Waals surface area contributed by atoms with Crippen LogP contribution in [0.5, 0.6) is 0 Å². The van der Waals surface area contributed by atoms with Crippen molar-refractivity contribution in [2.45, 2.75) is 45.4 Å². The summed E-state index contributed by atoms with van der Waals surface area (Å²) >= 11 is 1.77. The molecule has 0 aromatic carbocycles. The second kappa shape index (κ2) is 6.06. The van der Waals surface area contributed by atoms with Gasteiger partial charge in [0.25, 0.3) is 0 Å². The molecule has 0 saturated carbocycles. The highest BCUT2D eigenvalue weighted by Crippen LogP contribution is 2.35. The highest BCUT2D eigenvalue weighted by molar-refractivity contribution is 7.10. The molecule has 2 rings (SSSR count). The maximum atomic E-state index is 12.3. The van der Waals surface area contributed by atoms with Crippen LogP contribution in [0.25, 0.3) is 0 Å². The molecular weight excluding hydrogens is 258 g/mol. The molecule has 1 aromatic heterocycles. The number of rotatable bonds is 5. The molecule has 19 heavy (non-hydrogen) atoms. The Hall–Kier alpha value is -0.870. The van der Waals surface area contributed by atoms with Crippen LogP contribution in [0, 0.1) is 5.41 Å². The van der Waals surface area contributed by atoms with Crippen LogP contribution in [0.1, 0.15) is 49.5 Å². The zero-order valence-corrected chi connectivity index (χ0v) is 12.6. The van der Waals surface area contributed by atoms with Crippen molar-refractivity contribution in [1.29, 1.82) is 0 Å². The third kappa shape index (κ3) is 3.57. The number of aryl methyl sites for hydroxylation is 1. The summed E-state index contributed by atoms with van der Waals surface area (Å²) < 4.78 is 0. The molecule has 1 amide bonds. The van der Waals surface area contributed by atoms with Crippen molar-refractivity contribution in [1.82, 2.24) is 5.32 Å². The number of fused-ring (bicyclic) bond motifs is 1. The van der Waals surface area contributed by atoms with E-state index in [0.717, 1.165) is 19.3 Å². The lowest BCUT2D eigenvalue weighted by molar-refractivity contribution is -0.123. The Morgan fingerprint density at radius 3 is 3.11 bits per heavy atom. The molecule has 0 radical (unpaired) electrons. The van der Waals surface area contributed by atoms with Gasteiger partial charge in [-0.25, -0.2) is 0 Å². The standard InChI is InChI=1S/C15H23NO2S/c1-15(2,7-8-17)10-16-14(18)12-4-3-5-13-11(12)6-9-19-13/h6,9,12,17H,3-5,7-8,10H2,1-2H3,(H,16,18). The van der Waals surface area contributed by atoms with Gasteiger partial charge in [0.05, 0.1) is 5.92 Å². The van der Waals surface area contributed by atoms with Crippen LogP contribution in [0.4, 0.5) is 0 Å². The fraction of sp³-hybridized carbons (Fsp3) is 0.667. The minimum atomic E-state index is -0.0451. The van der Waals surface area contributed by atoms with Crippen LogP contribution in [-0.2, 0) is 11.2 Å². The molecule has 0 spiro atoms. The van der Waals surface area contributed by atoms with E-state index in [0.29, 0.717) is 13.0 Å². The summed E-state index contributed by atoms with van der Waals surface area (Å²) in [5.74, 6) is 0.172. The fourth-order valence-electron chi connectivity index (χ4n) is 2.60. The van der Waals surface area contributed by atoms with Crippen LogP contribution in [0.3, 0.4) is 0 Å². The molecule has 2 N–H and O–H groups in total. The van der Waals surface area contributed by atoms with E-state index in [4.69, 9.17) is 5.11 Å². The number of aliphatic hydroxyl groups excluding tert-OH is 1. The average molecular weight is 281 g/mol. The van der Waals surface area contributed by atoms with E-state index in [9.17, 15) is 4.79 Å². The van der Waals surface area contributed by atoms with E-state index in [-0.39, 0.29) is 23.8 Å². The topological polar surface area (TPSA) is 49.3 Å². The van der Waals surface area contributed by atoms with Gasteiger partial charge in [-0.3, -0.25) is 4.79 Å². The maximum Gasteiger partial charge on any atom is 0.227 e. The summed E-state index contributed by atoms with van der Waals surface area (Å²) in [6.07, 6.45) is 3.88. The lowest BCUT2D eigenvalue weighted by atomic mass is 9.86. The number of hydrogen-bond acceptors (Lipinski definition) is 3. The van der Waals surface area contributed by atoms with E-state index in [2.05, 4.69) is 30.6 Å². The Morgan fingerprint density at radius 1 is 1.58 bits per heavy atom. The molecule has 1 aliphatic rings. The second-order valence-corrected chi connectivity index (χ2v) is 7.10. The third-order valence-electron chi connectivity index (χ3n) is 3.90. The van der Waals surface area contributed by atoms with Gasteiger partial charge < -0.3 is 10.4 Å². The highest BCUT2D eigenvalue weighted by Gasteiger charge is 2.28. The van der Waals surface area contributed by atoms with E-state index >= 15 is 0 Å². The normalized spacial score (nSPS) is 19.0. The molecule has 1 unspecified atom stereocenters. The molecule has 1 atom stereocenters. The van der Waals surface area contributed by atoms with Crippen LogP contribution < -0.4 is 5.32 Å². The van der Waals surface area contributed by atoms with Crippen LogP contribution in [-0.4, -0.2) is 24.2 Å². The van der Waals surface area contributed by atoms with Gasteiger partial charge in [0.15, 0.2) is 0 Å². The van der Waals surface area contributed by atoms with Crippen LogP contribution >= 0.6 is 11.3 Å². The maximum absolute atomic E-state index is 12.3. The van der Waals surface area contributed by atoms with Crippen LogP contribution in [0.2, 0.25) is 0 Å². The van der Waals surface area contributed by atoms with Gasteiger partial charge in [-0.15, -0.1) is 11.3 Å². The first-order chi connectivity index (χ1) is 9.03. The van der Waals surface area contributed by atoms with Gasteiger partial charge in [-0.2, -0.15) is 0 Å². The number of nitrogens with one attached hydrogen (secondary N) is 1. The number of hydrogen-bond donors (Lipinski definition) is 2. The molecule has 4 heteroatoms. The van der Waals surface area contributed by atoms with Crippen molar-refractivity contribution < 1.29 is 9.90 Å². The molecule has 0 aliphatic heterocycles. The quantitative estimate of drug-likeness (QED) is 0.872. The Balaban J connectivity index is 1.95. The number of carbonyl (C=O) groups is 1. The van der Waals surface area contributed by atoms with Crippen molar-refractivity contribution in [2.75, 3.05) is 13.2 Å². The van der Waals surface area contributed by atoms with E-state index in [1.54, 1.807) is 11.3 Å². The summed E-state index contributed by atoms with van der Waals surface area (Å²) in [7, 11) is 0. The minimum absolute atomic E-state index is 0.0277. The summed E-state index contributed by atoms with van der Waals surface area (Å²) in [4.78, 5) is 13.7. The molecule has 1 aliphatic carbocycles. The number of aliphatic hydroxyl groups is 1. The van der Waals surface area contributed by atoms with E-state index in [1.165, 1.54) is 10.4 Å². The number of carbonyl (C=O) groups excluding carboxylic acids is 1. The van der Waals surface area contributed by atoms with Gasteiger partial charge in [0, 0.05) is 18.0 Å². The Morgan fingerprint density at radius 2 is 2.37 bits per heavy atom. The predicted molar refractivity (Wildman–Crippen MR) is 78.5 cm³/mol. The highest BCUT2D eigenvalue weighted by atomic mass is 32.1. The molecule has 1 heterocycles. The summed E-state index contributed by atoms with van der Waals surface area (Å²) in [6, 6.07) is 2.10. The van der Waals surface area contributed by atoms with Crippen LogP contribution in [0.15, 0.2) is 11.4 Å². The van der Waals surface area contributed by atoms with Crippen molar-refractivity contribution in [2.24, 2.45) is 5.41 Å². The first-order valence-corrected chi connectivity index (χ1v) is 7.86. The van der Waals surface area contributed by atoms with E-state index in [1.807, 2.05) is 0 Å². The summed E-state index contributed by atoms with van der Waals surface area (Å²) in [5.41, 5.74) is 1.19. The van der Waals surface area contributed by atoms with Gasteiger partial charge in [-0.1, -0.05) is 13.8 Å².